The molecule has 0 radical (unpaired) electrons. The van der Waals surface area contributed by atoms with Crippen LogP contribution in [-0.2, 0) is 0 Å². The molecule has 2 atom stereocenters. The van der Waals surface area contributed by atoms with Gasteiger partial charge in [-0.05, 0) is 36.8 Å². The van der Waals surface area contributed by atoms with E-state index in [0.717, 1.165) is 11.8 Å². The van der Waals surface area contributed by atoms with Crippen LogP contribution in [0.4, 0.5) is 0 Å². The molecule has 1 aromatic rings. The number of hydrogen-bond donors (Lipinski definition) is 0. The van der Waals surface area contributed by atoms with E-state index in [0.29, 0.717) is 0 Å². The van der Waals surface area contributed by atoms with E-state index < -0.39 is 0 Å². The summed E-state index contributed by atoms with van der Waals surface area (Å²) < 4.78 is 0. The van der Waals surface area contributed by atoms with Gasteiger partial charge in [-0.15, -0.1) is 0 Å². The lowest BCUT2D eigenvalue weighted by atomic mass is 9.97. The van der Waals surface area contributed by atoms with Gasteiger partial charge in [-0.1, -0.05) is 0 Å². The lowest BCUT2D eigenvalue weighted by Crippen LogP contribution is -2.01. The van der Waals surface area contributed by atoms with Crippen LogP contribution in [-0.4, -0.2) is 10.2 Å². The third-order valence-corrected chi connectivity index (χ3v) is 3.04. The van der Waals surface area contributed by atoms with Crippen LogP contribution in [0, 0.1) is 0 Å². The highest BCUT2D eigenvalue weighted by Gasteiger charge is 2.37. The first-order valence-electron chi connectivity index (χ1n) is 4.26. The van der Waals surface area contributed by atoms with Crippen molar-refractivity contribution in [2.75, 3.05) is 0 Å². The molecule has 2 aliphatic carbocycles. The first-order valence-corrected chi connectivity index (χ1v) is 4.26. The molecule has 0 aliphatic heterocycles. The zero-order valence-electron chi connectivity index (χ0n) is 6.33. The fraction of sp³-hybridized carbons (Fsp3) is 0.556. The minimum atomic E-state index is 0.753. The molecule has 0 amide bonds. The van der Waals surface area contributed by atoms with E-state index >= 15 is 0 Å². The molecule has 0 aromatic carbocycles. The molecule has 1 fully saturated rings. The van der Waals surface area contributed by atoms with Crippen LogP contribution in [0.5, 0.6) is 0 Å². The SMILES string of the molecule is c1cc2c(nn1)C1CCC2C1. The quantitative estimate of drug-likeness (QED) is 0.558. The summed E-state index contributed by atoms with van der Waals surface area (Å²) in [6, 6.07) is 2.14. The molecule has 0 N–H and O–H groups in total. The Balaban J connectivity index is 2.23. The van der Waals surface area contributed by atoms with Gasteiger partial charge in [0.05, 0.1) is 5.69 Å². The van der Waals surface area contributed by atoms with Crippen molar-refractivity contribution < 1.29 is 0 Å². The van der Waals surface area contributed by atoms with Gasteiger partial charge in [0.25, 0.3) is 0 Å². The Morgan fingerprint density at radius 1 is 1.27 bits per heavy atom. The molecule has 2 heteroatoms. The summed E-state index contributed by atoms with van der Waals surface area (Å²) in [5.74, 6) is 1.58. The van der Waals surface area contributed by atoms with Crippen LogP contribution in [0.2, 0.25) is 0 Å². The molecule has 1 saturated carbocycles. The largest absolute Gasteiger partial charge is 0.159 e. The smallest absolute Gasteiger partial charge is 0.0696 e. The second-order valence-electron chi connectivity index (χ2n) is 3.58. The first kappa shape index (κ1) is 5.70. The summed E-state index contributed by atoms with van der Waals surface area (Å²) in [4.78, 5) is 0. The van der Waals surface area contributed by atoms with Gasteiger partial charge in [0.1, 0.15) is 0 Å². The topological polar surface area (TPSA) is 25.8 Å². The lowest BCUT2D eigenvalue weighted by molar-refractivity contribution is 0.680. The highest BCUT2D eigenvalue weighted by atomic mass is 15.1. The van der Waals surface area contributed by atoms with E-state index in [1.165, 1.54) is 30.5 Å². The molecule has 1 heterocycles. The molecule has 56 valence electrons. The second kappa shape index (κ2) is 1.81. The Morgan fingerprint density at radius 2 is 2.18 bits per heavy atom. The summed E-state index contributed by atoms with van der Waals surface area (Å²) in [5.41, 5.74) is 2.78. The number of rotatable bonds is 0. The lowest BCUT2D eigenvalue weighted by Gasteiger charge is -2.11. The van der Waals surface area contributed by atoms with Crippen molar-refractivity contribution in [3.05, 3.63) is 23.5 Å². The molecular formula is C9H10N2. The average molecular weight is 146 g/mol. The Bertz CT molecular complexity index is 266. The summed E-state index contributed by atoms with van der Waals surface area (Å²) in [6.07, 6.45) is 5.88. The van der Waals surface area contributed by atoms with E-state index in [1.54, 1.807) is 0 Å². The predicted molar refractivity (Wildman–Crippen MR) is 41.4 cm³/mol. The number of fused-ring (bicyclic) bond motifs is 5. The minimum absolute atomic E-state index is 0.753. The zero-order valence-corrected chi connectivity index (χ0v) is 6.33. The summed E-state index contributed by atoms with van der Waals surface area (Å²) in [7, 11) is 0. The molecular weight excluding hydrogens is 136 g/mol. The third kappa shape index (κ3) is 0.621. The fourth-order valence-electron chi connectivity index (χ4n) is 2.53. The minimum Gasteiger partial charge on any atom is -0.159 e. The molecule has 2 bridgehead atoms. The van der Waals surface area contributed by atoms with Crippen molar-refractivity contribution in [2.45, 2.75) is 31.1 Å². The van der Waals surface area contributed by atoms with Crippen molar-refractivity contribution in [1.29, 1.82) is 0 Å². The van der Waals surface area contributed by atoms with Crippen LogP contribution >= 0.6 is 0 Å². The highest BCUT2D eigenvalue weighted by Crippen LogP contribution is 2.51. The monoisotopic (exact) mass is 146 g/mol. The molecule has 1 aromatic heterocycles. The van der Waals surface area contributed by atoms with Crippen LogP contribution in [0.15, 0.2) is 12.3 Å². The van der Waals surface area contributed by atoms with E-state index in [2.05, 4.69) is 16.3 Å². The van der Waals surface area contributed by atoms with E-state index in [-0.39, 0.29) is 0 Å². The molecule has 3 rings (SSSR count). The Hall–Kier alpha value is -0.920. The van der Waals surface area contributed by atoms with Gasteiger partial charge in [-0.25, -0.2) is 0 Å². The predicted octanol–water partition coefficient (Wildman–Crippen LogP) is 1.84. The van der Waals surface area contributed by atoms with Crippen molar-refractivity contribution in [3.8, 4) is 0 Å². The standard InChI is InChI=1S/C9H10N2/c1-2-7-5-6(1)8-3-4-10-11-9(7)8/h3-4,6-7H,1-2,5H2. The van der Waals surface area contributed by atoms with E-state index in [9.17, 15) is 0 Å². The van der Waals surface area contributed by atoms with Crippen LogP contribution in [0.25, 0.3) is 0 Å². The Labute approximate surface area is 65.7 Å². The number of hydrogen-bond acceptors (Lipinski definition) is 2. The van der Waals surface area contributed by atoms with Crippen LogP contribution < -0.4 is 0 Å². The highest BCUT2D eigenvalue weighted by molar-refractivity contribution is 5.34. The van der Waals surface area contributed by atoms with Crippen molar-refractivity contribution in [1.82, 2.24) is 10.2 Å². The fourth-order valence-corrected chi connectivity index (χ4v) is 2.53. The average Bonchev–Trinajstić information content (AvgIpc) is 2.64. The molecule has 2 aliphatic rings. The molecule has 0 spiro atoms. The molecule has 0 saturated heterocycles. The zero-order chi connectivity index (χ0) is 7.26. The maximum Gasteiger partial charge on any atom is 0.0696 e. The van der Waals surface area contributed by atoms with Gasteiger partial charge in [0, 0.05) is 12.1 Å². The van der Waals surface area contributed by atoms with E-state index in [4.69, 9.17) is 0 Å². The summed E-state index contributed by atoms with van der Waals surface area (Å²) >= 11 is 0. The molecule has 2 unspecified atom stereocenters. The number of nitrogens with zero attached hydrogens (tertiary/aromatic N) is 2. The maximum atomic E-state index is 4.19. The van der Waals surface area contributed by atoms with Gasteiger partial charge >= 0.3 is 0 Å². The van der Waals surface area contributed by atoms with Gasteiger partial charge in [-0.2, -0.15) is 10.2 Å². The van der Waals surface area contributed by atoms with Gasteiger partial charge in [0.15, 0.2) is 0 Å². The molecule has 11 heavy (non-hydrogen) atoms. The third-order valence-electron chi connectivity index (χ3n) is 3.04. The van der Waals surface area contributed by atoms with E-state index in [1.807, 2.05) is 6.20 Å². The second-order valence-corrected chi connectivity index (χ2v) is 3.58. The first-order chi connectivity index (χ1) is 5.45. The van der Waals surface area contributed by atoms with Gasteiger partial charge in [-0.3, -0.25) is 0 Å². The van der Waals surface area contributed by atoms with Crippen LogP contribution in [0.1, 0.15) is 42.4 Å². The number of aromatic nitrogens is 2. The molecule has 2 nitrogen and oxygen atoms in total. The van der Waals surface area contributed by atoms with Crippen molar-refractivity contribution >= 4 is 0 Å². The Morgan fingerprint density at radius 3 is 3.09 bits per heavy atom. The summed E-state index contributed by atoms with van der Waals surface area (Å²) in [6.45, 7) is 0. The van der Waals surface area contributed by atoms with Crippen LogP contribution in [0.3, 0.4) is 0 Å². The Kier molecular flexibility index (Phi) is 0.939. The van der Waals surface area contributed by atoms with Gasteiger partial charge in [0.2, 0.25) is 0 Å². The maximum absolute atomic E-state index is 4.19. The van der Waals surface area contributed by atoms with Crippen molar-refractivity contribution in [3.63, 3.8) is 0 Å². The normalized spacial score (nSPS) is 32.4. The van der Waals surface area contributed by atoms with Crippen molar-refractivity contribution in [2.24, 2.45) is 0 Å². The van der Waals surface area contributed by atoms with Gasteiger partial charge < -0.3 is 0 Å². The summed E-state index contributed by atoms with van der Waals surface area (Å²) in [5, 5.41) is 8.12.